The van der Waals surface area contributed by atoms with E-state index in [1.54, 1.807) is 0 Å². The van der Waals surface area contributed by atoms with Gasteiger partial charge in [-0.05, 0) is 79.3 Å². The van der Waals surface area contributed by atoms with Crippen LogP contribution in [0.15, 0.2) is 29.3 Å². The van der Waals surface area contributed by atoms with Gasteiger partial charge in [-0.15, -0.1) is 0 Å². The van der Waals surface area contributed by atoms with Gasteiger partial charge < -0.3 is 0 Å². The SMILES string of the molecule is CCCCCCCC1CCC(CCC2CCC(c3ccc(N=C=S)cc3)CC2)CC1. The lowest BCUT2D eigenvalue weighted by Crippen LogP contribution is -2.17. The van der Waals surface area contributed by atoms with Gasteiger partial charge in [0.1, 0.15) is 0 Å². The first kappa shape index (κ1) is 23.7. The smallest absolute Gasteiger partial charge is 0.0739 e. The van der Waals surface area contributed by atoms with Crippen LogP contribution in [-0.2, 0) is 0 Å². The summed E-state index contributed by atoms with van der Waals surface area (Å²) in [4.78, 5) is 4.07. The monoisotopic (exact) mass is 425 g/mol. The Morgan fingerprint density at radius 1 is 0.733 bits per heavy atom. The third kappa shape index (κ3) is 7.93. The standard InChI is InChI=1S/C28H43NS/c1-2-3-4-5-6-7-23-8-10-24(11-9-23)12-13-25-14-16-26(17-15-25)27-18-20-28(21-19-27)29-22-30/h18-21,23-26H,2-17H2,1H3. The number of rotatable bonds is 11. The van der Waals surface area contributed by atoms with Gasteiger partial charge in [-0.3, -0.25) is 0 Å². The maximum absolute atomic E-state index is 4.70. The second kappa shape index (κ2) is 13.4. The lowest BCUT2D eigenvalue weighted by atomic mass is 9.74. The second-order valence-electron chi connectivity index (χ2n) is 10.2. The molecule has 2 heteroatoms. The molecule has 30 heavy (non-hydrogen) atoms. The second-order valence-corrected chi connectivity index (χ2v) is 10.4. The topological polar surface area (TPSA) is 12.4 Å². The van der Waals surface area contributed by atoms with E-state index in [-0.39, 0.29) is 0 Å². The fourth-order valence-electron chi connectivity index (χ4n) is 5.97. The van der Waals surface area contributed by atoms with Gasteiger partial charge in [0, 0.05) is 0 Å². The number of nitrogens with zero attached hydrogens (tertiary/aromatic N) is 1. The quantitative estimate of drug-likeness (QED) is 0.195. The Morgan fingerprint density at radius 3 is 1.83 bits per heavy atom. The Labute approximate surface area is 191 Å². The molecule has 0 radical (unpaired) electrons. The summed E-state index contributed by atoms with van der Waals surface area (Å²) < 4.78 is 0. The highest BCUT2D eigenvalue weighted by molar-refractivity contribution is 7.78. The molecule has 2 aliphatic rings. The zero-order valence-corrected chi connectivity index (χ0v) is 20.1. The molecular weight excluding hydrogens is 382 g/mol. The third-order valence-corrected chi connectivity index (χ3v) is 8.14. The Bertz CT molecular complexity index is 629. The Hall–Kier alpha value is -0.980. The van der Waals surface area contributed by atoms with Crippen molar-refractivity contribution in [3.05, 3.63) is 29.8 Å². The lowest BCUT2D eigenvalue weighted by Gasteiger charge is -2.32. The first-order chi connectivity index (χ1) is 14.8. The maximum Gasteiger partial charge on any atom is 0.0739 e. The molecule has 0 spiro atoms. The molecule has 0 aliphatic heterocycles. The molecule has 0 heterocycles. The van der Waals surface area contributed by atoms with Crippen molar-refractivity contribution in [2.24, 2.45) is 22.7 Å². The molecule has 2 saturated carbocycles. The number of benzene rings is 1. The highest BCUT2D eigenvalue weighted by atomic mass is 32.1. The molecule has 1 aromatic carbocycles. The largest absolute Gasteiger partial charge is 0.195 e. The van der Waals surface area contributed by atoms with Gasteiger partial charge >= 0.3 is 0 Å². The Balaban J connectivity index is 1.28. The van der Waals surface area contributed by atoms with E-state index in [2.05, 4.69) is 41.3 Å². The van der Waals surface area contributed by atoms with Gasteiger partial charge in [0.05, 0.1) is 10.8 Å². The fourth-order valence-corrected chi connectivity index (χ4v) is 6.08. The van der Waals surface area contributed by atoms with Crippen molar-refractivity contribution < 1.29 is 0 Å². The summed E-state index contributed by atoms with van der Waals surface area (Å²) in [6.45, 7) is 2.31. The molecule has 1 aromatic rings. The van der Waals surface area contributed by atoms with Crippen molar-refractivity contribution in [2.75, 3.05) is 0 Å². The van der Waals surface area contributed by atoms with Crippen LogP contribution >= 0.6 is 12.2 Å². The third-order valence-electron chi connectivity index (χ3n) is 8.05. The first-order valence-corrected chi connectivity index (χ1v) is 13.4. The van der Waals surface area contributed by atoms with Crippen LogP contribution in [0.25, 0.3) is 0 Å². The van der Waals surface area contributed by atoms with Crippen molar-refractivity contribution >= 4 is 23.1 Å². The van der Waals surface area contributed by atoms with E-state index in [1.807, 2.05) is 0 Å². The van der Waals surface area contributed by atoms with Crippen molar-refractivity contribution in [2.45, 2.75) is 116 Å². The molecule has 0 bridgehead atoms. The van der Waals surface area contributed by atoms with Gasteiger partial charge in [-0.1, -0.05) is 96.1 Å². The van der Waals surface area contributed by atoms with E-state index < -0.39 is 0 Å². The molecule has 0 atom stereocenters. The lowest BCUT2D eigenvalue weighted by molar-refractivity contribution is 0.222. The molecular formula is C28H43NS. The van der Waals surface area contributed by atoms with Crippen LogP contribution in [0.1, 0.15) is 121 Å². The fraction of sp³-hybridized carbons (Fsp3) is 0.750. The minimum Gasteiger partial charge on any atom is -0.195 e. The Kier molecular flexibility index (Phi) is 10.6. The predicted octanol–water partition coefficient (Wildman–Crippen LogP) is 9.64. The van der Waals surface area contributed by atoms with Crippen LogP contribution in [0, 0.1) is 17.8 Å². The summed E-state index contributed by atoms with van der Waals surface area (Å²) >= 11 is 4.70. The van der Waals surface area contributed by atoms with Crippen molar-refractivity contribution in [3.8, 4) is 0 Å². The number of unbranched alkanes of at least 4 members (excludes halogenated alkanes) is 4. The van der Waals surface area contributed by atoms with Crippen molar-refractivity contribution in [3.63, 3.8) is 0 Å². The van der Waals surface area contributed by atoms with Crippen LogP contribution in [0.5, 0.6) is 0 Å². The normalized spacial score (nSPS) is 26.8. The average Bonchev–Trinajstić information content (AvgIpc) is 2.79. The molecule has 0 N–H and O–H groups in total. The molecule has 166 valence electrons. The van der Waals surface area contributed by atoms with Gasteiger partial charge in [0.15, 0.2) is 0 Å². The number of hydrogen-bond donors (Lipinski definition) is 0. The summed E-state index contributed by atoms with van der Waals surface area (Å²) in [5, 5.41) is 2.46. The average molecular weight is 426 g/mol. The summed E-state index contributed by atoms with van der Waals surface area (Å²) in [6, 6.07) is 8.67. The summed E-state index contributed by atoms with van der Waals surface area (Å²) in [7, 11) is 0. The zero-order chi connectivity index (χ0) is 21.0. The van der Waals surface area contributed by atoms with Crippen LogP contribution in [0.2, 0.25) is 0 Å². The van der Waals surface area contributed by atoms with Gasteiger partial charge in [-0.25, -0.2) is 0 Å². The van der Waals surface area contributed by atoms with E-state index in [4.69, 9.17) is 12.2 Å². The van der Waals surface area contributed by atoms with Crippen LogP contribution in [-0.4, -0.2) is 5.16 Å². The van der Waals surface area contributed by atoms with Gasteiger partial charge in [0.2, 0.25) is 0 Å². The summed E-state index contributed by atoms with van der Waals surface area (Å²) in [5.41, 5.74) is 2.42. The molecule has 2 aliphatic carbocycles. The first-order valence-electron chi connectivity index (χ1n) is 13.0. The van der Waals surface area contributed by atoms with E-state index >= 15 is 0 Å². The molecule has 2 fully saturated rings. The highest BCUT2D eigenvalue weighted by Crippen LogP contribution is 2.40. The maximum atomic E-state index is 4.70. The van der Waals surface area contributed by atoms with Crippen LogP contribution in [0.3, 0.4) is 0 Å². The molecule has 3 rings (SSSR count). The number of thiocarbonyl (C=S) groups is 1. The van der Waals surface area contributed by atoms with Crippen molar-refractivity contribution in [1.29, 1.82) is 0 Å². The van der Waals surface area contributed by atoms with E-state index in [0.29, 0.717) is 0 Å². The highest BCUT2D eigenvalue weighted by Gasteiger charge is 2.25. The molecule has 0 amide bonds. The molecule has 0 aromatic heterocycles. The predicted molar refractivity (Wildman–Crippen MR) is 134 cm³/mol. The minimum atomic E-state index is 0.750. The summed E-state index contributed by atoms with van der Waals surface area (Å²) in [6.07, 6.45) is 23.4. The molecule has 0 saturated heterocycles. The van der Waals surface area contributed by atoms with Crippen molar-refractivity contribution in [1.82, 2.24) is 0 Å². The van der Waals surface area contributed by atoms with Crippen LogP contribution < -0.4 is 0 Å². The van der Waals surface area contributed by atoms with Gasteiger partial charge in [-0.2, -0.15) is 4.99 Å². The molecule has 0 unspecified atom stereocenters. The van der Waals surface area contributed by atoms with Gasteiger partial charge in [0.25, 0.3) is 0 Å². The van der Waals surface area contributed by atoms with E-state index in [1.165, 1.54) is 108 Å². The van der Waals surface area contributed by atoms with E-state index in [9.17, 15) is 0 Å². The van der Waals surface area contributed by atoms with Crippen LogP contribution in [0.4, 0.5) is 5.69 Å². The summed E-state index contributed by atoms with van der Waals surface area (Å²) in [5.74, 6) is 3.82. The number of hydrogen-bond acceptors (Lipinski definition) is 2. The molecule has 1 nitrogen and oxygen atoms in total. The number of isothiocyanates is 1. The zero-order valence-electron chi connectivity index (χ0n) is 19.3. The van der Waals surface area contributed by atoms with E-state index in [0.717, 1.165) is 29.4 Å². The minimum absolute atomic E-state index is 0.750. The Morgan fingerprint density at radius 2 is 1.27 bits per heavy atom. The number of aliphatic imine (C=N–C) groups is 1.